The summed E-state index contributed by atoms with van der Waals surface area (Å²) in [7, 11) is 0. The SMILES string of the molecule is CCC(C)Cc1cccc(C(F)(F)F)n1. The van der Waals surface area contributed by atoms with Gasteiger partial charge in [0, 0.05) is 5.69 Å². The lowest BCUT2D eigenvalue weighted by Crippen LogP contribution is -2.10. The molecule has 0 amide bonds. The third-order valence-corrected chi connectivity index (χ3v) is 2.35. The molecule has 0 radical (unpaired) electrons. The third-order valence-electron chi connectivity index (χ3n) is 2.35. The molecule has 0 saturated heterocycles. The van der Waals surface area contributed by atoms with Crippen LogP contribution in [0.2, 0.25) is 0 Å². The highest BCUT2D eigenvalue weighted by molar-refractivity contribution is 5.14. The second-order valence-electron chi connectivity index (χ2n) is 3.73. The molecule has 0 bridgehead atoms. The van der Waals surface area contributed by atoms with Crippen LogP contribution in [-0.2, 0) is 12.6 Å². The maximum atomic E-state index is 12.3. The van der Waals surface area contributed by atoms with Crippen molar-refractivity contribution >= 4 is 0 Å². The predicted molar refractivity (Wildman–Crippen MR) is 52.4 cm³/mol. The van der Waals surface area contributed by atoms with Gasteiger partial charge in [0.1, 0.15) is 5.69 Å². The molecule has 0 aliphatic heterocycles. The van der Waals surface area contributed by atoms with Gasteiger partial charge in [0.05, 0.1) is 0 Å². The molecule has 1 aromatic heterocycles. The monoisotopic (exact) mass is 217 g/mol. The van der Waals surface area contributed by atoms with E-state index in [-0.39, 0.29) is 0 Å². The van der Waals surface area contributed by atoms with E-state index in [4.69, 9.17) is 0 Å². The van der Waals surface area contributed by atoms with Gasteiger partial charge in [-0.15, -0.1) is 0 Å². The molecule has 0 fully saturated rings. The van der Waals surface area contributed by atoms with E-state index >= 15 is 0 Å². The van der Waals surface area contributed by atoms with Crippen molar-refractivity contribution in [1.29, 1.82) is 0 Å². The number of pyridine rings is 1. The zero-order valence-corrected chi connectivity index (χ0v) is 8.80. The van der Waals surface area contributed by atoms with Crippen LogP contribution >= 0.6 is 0 Å². The Kier molecular flexibility index (Phi) is 3.72. The highest BCUT2D eigenvalue weighted by Gasteiger charge is 2.32. The molecular weight excluding hydrogens is 203 g/mol. The molecule has 1 nitrogen and oxygen atoms in total. The average Bonchev–Trinajstić information content (AvgIpc) is 2.17. The molecule has 0 saturated carbocycles. The minimum Gasteiger partial charge on any atom is -0.248 e. The highest BCUT2D eigenvalue weighted by Crippen LogP contribution is 2.27. The maximum Gasteiger partial charge on any atom is 0.433 e. The van der Waals surface area contributed by atoms with Gasteiger partial charge in [-0.25, -0.2) is 4.98 Å². The lowest BCUT2D eigenvalue weighted by molar-refractivity contribution is -0.141. The van der Waals surface area contributed by atoms with Crippen LogP contribution in [0.1, 0.15) is 31.7 Å². The van der Waals surface area contributed by atoms with E-state index in [9.17, 15) is 13.2 Å². The fourth-order valence-electron chi connectivity index (χ4n) is 1.25. The van der Waals surface area contributed by atoms with Gasteiger partial charge >= 0.3 is 6.18 Å². The molecule has 1 rings (SSSR count). The molecule has 4 heteroatoms. The summed E-state index contributed by atoms with van der Waals surface area (Å²) in [5.41, 5.74) is -0.289. The molecule has 1 atom stereocenters. The van der Waals surface area contributed by atoms with Crippen molar-refractivity contribution in [3.8, 4) is 0 Å². The van der Waals surface area contributed by atoms with Gasteiger partial charge in [-0.1, -0.05) is 26.3 Å². The second-order valence-corrected chi connectivity index (χ2v) is 3.73. The molecule has 0 aliphatic rings. The Hall–Kier alpha value is -1.06. The van der Waals surface area contributed by atoms with Crippen LogP contribution in [0.15, 0.2) is 18.2 Å². The van der Waals surface area contributed by atoms with Crippen molar-refractivity contribution in [2.45, 2.75) is 32.9 Å². The van der Waals surface area contributed by atoms with Gasteiger partial charge in [0.25, 0.3) is 0 Å². The first-order valence-electron chi connectivity index (χ1n) is 4.96. The van der Waals surface area contributed by atoms with Gasteiger partial charge in [0.2, 0.25) is 0 Å². The van der Waals surface area contributed by atoms with Crippen LogP contribution in [0, 0.1) is 5.92 Å². The Morgan fingerprint density at radius 3 is 2.53 bits per heavy atom. The third kappa shape index (κ3) is 3.53. The fraction of sp³-hybridized carbons (Fsp3) is 0.545. The van der Waals surface area contributed by atoms with Gasteiger partial charge in [0.15, 0.2) is 0 Å². The number of nitrogens with zero attached hydrogens (tertiary/aromatic N) is 1. The van der Waals surface area contributed by atoms with E-state index in [1.54, 1.807) is 6.07 Å². The summed E-state index contributed by atoms with van der Waals surface area (Å²) in [6.45, 7) is 4.01. The summed E-state index contributed by atoms with van der Waals surface area (Å²) in [5, 5.41) is 0. The van der Waals surface area contributed by atoms with Crippen molar-refractivity contribution in [1.82, 2.24) is 4.98 Å². The standard InChI is InChI=1S/C11H14F3N/c1-3-8(2)7-9-5-4-6-10(15-9)11(12,13)14/h4-6,8H,3,7H2,1-2H3. The second kappa shape index (κ2) is 4.64. The first-order chi connectivity index (χ1) is 6.93. The molecule has 0 aromatic carbocycles. The number of alkyl halides is 3. The summed E-state index contributed by atoms with van der Waals surface area (Å²) >= 11 is 0. The van der Waals surface area contributed by atoms with Crippen molar-refractivity contribution in [3.05, 3.63) is 29.6 Å². The fourth-order valence-corrected chi connectivity index (χ4v) is 1.25. The van der Waals surface area contributed by atoms with E-state index in [2.05, 4.69) is 4.98 Å². The molecular formula is C11H14F3N. The smallest absolute Gasteiger partial charge is 0.248 e. The van der Waals surface area contributed by atoms with Crippen molar-refractivity contribution < 1.29 is 13.2 Å². The average molecular weight is 217 g/mol. The van der Waals surface area contributed by atoms with Crippen LogP contribution in [0.5, 0.6) is 0 Å². The Labute approximate surface area is 87.3 Å². The topological polar surface area (TPSA) is 12.9 Å². The zero-order chi connectivity index (χ0) is 11.5. The quantitative estimate of drug-likeness (QED) is 0.752. The molecule has 15 heavy (non-hydrogen) atoms. The predicted octanol–water partition coefficient (Wildman–Crippen LogP) is 3.69. The molecule has 1 heterocycles. The Balaban J connectivity index is 2.84. The number of rotatable bonds is 3. The zero-order valence-electron chi connectivity index (χ0n) is 8.80. The number of halogens is 3. The molecule has 1 unspecified atom stereocenters. The van der Waals surface area contributed by atoms with Gasteiger partial charge in [-0.05, 0) is 24.5 Å². The highest BCUT2D eigenvalue weighted by atomic mass is 19.4. The summed E-state index contributed by atoms with van der Waals surface area (Å²) < 4.78 is 37.0. The largest absolute Gasteiger partial charge is 0.433 e. The maximum absolute atomic E-state index is 12.3. The summed E-state index contributed by atoms with van der Waals surface area (Å²) in [5.74, 6) is 0.362. The van der Waals surface area contributed by atoms with Crippen LogP contribution in [0.4, 0.5) is 13.2 Å². The van der Waals surface area contributed by atoms with E-state index in [0.29, 0.717) is 18.0 Å². The minimum absolute atomic E-state index is 0.362. The van der Waals surface area contributed by atoms with Gasteiger partial charge < -0.3 is 0 Å². The minimum atomic E-state index is -4.34. The number of hydrogen-bond acceptors (Lipinski definition) is 1. The van der Waals surface area contributed by atoms with Crippen molar-refractivity contribution in [2.24, 2.45) is 5.92 Å². The lowest BCUT2D eigenvalue weighted by atomic mass is 10.0. The first kappa shape index (κ1) is 12.0. The molecule has 84 valence electrons. The summed E-state index contributed by atoms with van der Waals surface area (Å²) in [4.78, 5) is 3.61. The van der Waals surface area contributed by atoms with Crippen molar-refractivity contribution in [2.75, 3.05) is 0 Å². The van der Waals surface area contributed by atoms with E-state index in [1.807, 2.05) is 13.8 Å². The van der Waals surface area contributed by atoms with Crippen LogP contribution in [0.25, 0.3) is 0 Å². The van der Waals surface area contributed by atoms with E-state index < -0.39 is 11.9 Å². The van der Waals surface area contributed by atoms with E-state index in [1.165, 1.54) is 6.07 Å². The van der Waals surface area contributed by atoms with E-state index in [0.717, 1.165) is 12.5 Å². The van der Waals surface area contributed by atoms with Crippen LogP contribution < -0.4 is 0 Å². The van der Waals surface area contributed by atoms with Gasteiger partial charge in [-0.3, -0.25) is 0 Å². The summed E-state index contributed by atoms with van der Waals surface area (Å²) in [6.07, 6.45) is -2.80. The molecule has 0 aliphatic carbocycles. The Morgan fingerprint density at radius 2 is 2.00 bits per heavy atom. The first-order valence-corrected chi connectivity index (χ1v) is 4.96. The van der Waals surface area contributed by atoms with Gasteiger partial charge in [-0.2, -0.15) is 13.2 Å². The lowest BCUT2D eigenvalue weighted by Gasteiger charge is -2.10. The Morgan fingerprint density at radius 1 is 1.33 bits per heavy atom. The number of aromatic nitrogens is 1. The van der Waals surface area contributed by atoms with Crippen LogP contribution in [0.3, 0.4) is 0 Å². The van der Waals surface area contributed by atoms with Crippen molar-refractivity contribution in [3.63, 3.8) is 0 Å². The summed E-state index contributed by atoms with van der Waals surface area (Å²) in [6, 6.07) is 4.05. The molecule has 0 spiro atoms. The Bertz CT molecular complexity index is 320. The molecule has 0 N–H and O–H groups in total. The number of hydrogen-bond donors (Lipinski definition) is 0. The normalized spacial score (nSPS) is 13.9. The van der Waals surface area contributed by atoms with Crippen LogP contribution in [-0.4, -0.2) is 4.98 Å². The molecule has 1 aromatic rings.